The first-order valence-corrected chi connectivity index (χ1v) is 13.2. The Kier molecular flexibility index (Phi) is 9.81. The second kappa shape index (κ2) is 12.6. The summed E-state index contributed by atoms with van der Waals surface area (Å²) >= 11 is 6.53. The lowest BCUT2D eigenvalue weighted by molar-refractivity contribution is -0.131. The zero-order chi connectivity index (χ0) is 24.7. The van der Waals surface area contributed by atoms with Crippen LogP contribution in [-0.2, 0) is 16.0 Å². The van der Waals surface area contributed by atoms with E-state index in [2.05, 4.69) is 45.3 Å². The van der Waals surface area contributed by atoms with Crippen molar-refractivity contribution in [2.75, 3.05) is 52.1 Å². The molecule has 2 aliphatic heterocycles. The average molecular weight is 508 g/mol. The van der Waals surface area contributed by atoms with Crippen molar-refractivity contribution in [3.05, 3.63) is 29.8 Å². The third kappa shape index (κ3) is 6.97. The number of amides is 2. The van der Waals surface area contributed by atoms with Crippen LogP contribution >= 0.6 is 24.0 Å². The number of thiocarbonyl (C=S) groups is 1. The quantitative estimate of drug-likeness (QED) is 0.286. The van der Waals surface area contributed by atoms with E-state index < -0.39 is 17.3 Å². The van der Waals surface area contributed by atoms with Crippen LogP contribution in [0.1, 0.15) is 25.3 Å². The second-order valence-corrected chi connectivity index (χ2v) is 10.6. The Bertz CT molecular complexity index is 846. The third-order valence-corrected chi connectivity index (χ3v) is 8.17. The zero-order valence-electron chi connectivity index (χ0n) is 20.3. The SMILES string of the molecule is CCN1C(=O)[C@@H](CNc2ccc(CCN3CCCC3)cc2)SC1[C@H](N)C(=O)NNC(=S)N(C)C. The van der Waals surface area contributed by atoms with E-state index in [1.54, 1.807) is 23.9 Å². The fraction of sp³-hybridized carbons (Fsp3) is 0.609. The van der Waals surface area contributed by atoms with E-state index in [4.69, 9.17) is 18.0 Å². The summed E-state index contributed by atoms with van der Waals surface area (Å²) < 4.78 is 0. The number of likely N-dealkylation sites (N-methyl/N-ethyl adjacent to an activating group) is 1. The molecule has 1 aromatic carbocycles. The van der Waals surface area contributed by atoms with Gasteiger partial charge in [-0.15, -0.1) is 11.8 Å². The van der Waals surface area contributed by atoms with Gasteiger partial charge in [0.2, 0.25) is 5.91 Å². The van der Waals surface area contributed by atoms with Crippen molar-refractivity contribution in [1.82, 2.24) is 25.6 Å². The molecule has 11 heteroatoms. The first-order chi connectivity index (χ1) is 16.3. The molecule has 2 heterocycles. The molecule has 0 aliphatic carbocycles. The number of benzene rings is 1. The summed E-state index contributed by atoms with van der Waals surface area (Å²) in [5.41, 5.74) is 13.7. The highest BCUT2D eigenvalue weighted by Crippen LogP contribution is 2.33. The van der Waals surface area contributed by atoms with Gasteiger partial charge in [0.15, 0.2) is 5.11 Å². The number of nitrogens with two attached hydrogens (primary N) is 1. The summed E-state index contributed by atoms with van der Waals surface area (Å²) in [5.74, 6) is -0.418. The Morgan fingerprint density at radius 3 is 2.53 bits per heavy atom. The van der Waals surface area contributed by atoms with Gasteiger partial charge in [0.25, 0.3) is 5.91 Å². The zero-order valence-corrected chi connectivity index (χ0v) is 21.9. The van der Waals surface area contributed by atoms with Gasteiger partial charge in [0.1, 0.15) is 16.7 Å². The summed E-state index contributed by atoms with van der Waals surface area (Å²) in [5, 5.41) is 2.99. The van der Waals surface area contributed by atoms with Crippen molar-refractivity contribution >= 4 is 46.6 Å². The Balaban J connectivity index is 1.49. The van der Waals surface area contributed by atoms with Crippen molar-refractivity contribution in [2.45, 2.75) is 42.9 Å². The van der Waals surface area contributed by atoms with Crippen LogP contribution in [-0.4, -0.2) is 95.1 Å². The number of carbonyl (C=O) groups excluding carboxylic acids is 2. The minimum Gasteiger partial charge on any atom is -0.383 e. The molecule has 0 bridgehead atoms. The van der Waals surface area contributed by atoms with Gasteiger partial charge in [-0.05, 0) is 69.2 Å². The summed E-state index contributed by atoms with van der Waals surface area (Å²) in [6, 6.07) is 7.54. The molecule has 2 aliphatic rings. The monoisotopic (exact) mass is 507 g/mol. The van der Waals surface area contributed by atoms with Crippen molar-refractivity contribution in [1.29, 1.82) is 0 Å². The molecule has 0 saturated carbocycles. The van der Waals surface area contributed by atoms with Gasteiger partial charge < -0.3 is 25.8 Å². The number of hydrogen-bond acceptors (Lipinski definition) is 7. The smallest absolute Gasteiger partial charge is 0.258 e. The molecule has 188 valence electrons. The largest absolute Gasteiger partial charge is 0.383 e. The number of rotatable bonds is 9. The molecule has 0 spiro atoms. The fourth-order valence-corrected chi connectivity index (χ4v) is 5.60. The van der Waals surface area contributed by atoms with E-state index in [1.165, 1.54) is 43.3 Å². The molecular formula is C23H37N7O2S2. The van der Waals surface area contributed by atoms with Crippen LogP contribution in [0.25, 0.3) is 0 Å². The number of hydrazine groups is 1. The number of anilines is 1. The fourth-order valence-electron chi connectivity index (χ4n) is 4.09. The number of carbonyl (C=O) groups is 2. The van der Waals surface area contributed by atoms with Crippen LogP contribution in [0.3, 0.4) is 0 Å². The van der Waals surface area contributed by atoms with E-state index in [0.29, 0.717) is 18.2 Å². The number of likely N-dealkylation sites (tertiary alicyclic amines) is 1. The standard InChI is InChI=1S/C23H37N7O2S2/c1-4-30-21(32)18(34-22(30)19(24)20(31)26-27-23(33)28(2)3)15-25-17-9-7-16(8-10-17)11-14-29-12-5-6-13-29/h7-10,18-19,22,25H,4-6,11-15,24H2,1-3H3,(H,26,31)(H,27,33)/t18-,19-,22?/m1/s1. The summed E-state index contributed by atoms with van der Waals surface area (Å²) in [6.07, 6.45) is 3.68. The Labute approximate surface area is 212 Å². The van der Waals surface area contributed by atoms with Crippen molar-refractivity contribution in [2.24, 2.45) is 5.73 Å². The van der Waals surface area contributed by atoms with Crippen LogP contribution in [0.15, 0.2) is 24.3 Å². The highest BCUT2D eigenvalue weighted by molar-refractivity contribution is 8.01. The highest BCUT2D eigenvalue weighted by Gasteiger charge is 2.44. The van der Waals surface area contributed by atoms with E-state index in [-0.39, 0.29) is 11.2 Å². The van der Waals surface area contributed by atoms with E-state index in [1.807, 2.05) is 6.92 Å². The summed E-state index contributed by atoms with van der Waals surface area (Å²) in [6.45, 7) is 6.40. The number of nitrogens with zero attached hydrogens (tertiary/aromatic N) is 3. The van der Waals surface area contributed by atoms with Crippen LogP contribution in [0.5, 0.6) is 0 Å². The molecule has 5 N–H and O–H groups in total. The van der Waals surface area contributed by atoms with Gasteiger partial charge in [-0.2, -0.15) is 0 Å². The lowest BCUT2D eigenvalue weighted by Gasteiger charge is -2.27. The predicted molar refractivity (Wildman–Crippen MR) is 142 cm³/mol. The minimum atomic E-state index is -0.883. The highest BCUT2D eigenvalue weighted by atomic mass is 32.2. The molecule has 9 nitrogen and oxygen atoms in total. The van der Waals surface area contributed by atoms with Crippen molar-refractivity contribution in [3.8, 4) is 0 Å². The van der Waals surface area contributed by atoms with Crippen LogP contribution in [0.2, 0.25) is 0 Å². The maximum Gasteiger partial charge on any atom is 0.258 e. The third-order valence-electron chi connectivity index (χ3n) is 6.18. The number of hydrogen-bond donors (Lipinski definition) is 4. The molecular weight excluding hydrogens is 470 g/mol. The first-order valence-electron chi connectivity index (χ1n) is 11.8. The van der Waals surface area contributed by atoms with Crippen LogP contribution in [0, 0.1) is 0 Å². The molecule has 1 unspecified atom stereocenters. The van der Waals surface area contributed by atoms with Gasteiger partial charge in [-0.25, -0.2) is 0 Å². The molecule has 2 amide bonds. The van der Waals surface area contributed by atoms with E-state index >= 15 is 0 Å². The molecule has 1 aromatic rings. The van der Waals surface area contributed by atoms with Gasteiger partial charge in [-0.1, -0.05) is 12.1 Å². The molecule has 34 heavy (non-hydrogen) atoms. The minimum absolute atomic E-state index is 0.00717. The molecule has 2 saturated heterocycles. The van der Waals surface area contributed by atoms with Gasteiger partial charge in [-0.3, -0.25) is 20.4 Å². The maximum absolute atomic E-state index is 12.9. The topological polar surface area (TPSA) is 106 Å². The van der Waals surface area contributed by atoms with E-state index in [0.717, 1.165) is 18.7 Å². The molecule has 0 radical (unpaired) electrons. The number of nitrogens with one attached hydrogen (secondary N) is 3. The summed E-state index contributed by atoms with van der Waals surface area (Å²) in [7, 11) is 3.54. The van der Waals surface area contributed by atoms with Crippen LogP contribution in [0.4, 0.5) is 5.69 Å². The Hall–Kier alpha value is -2.08. The predicted octanol–water partition coefficient (Wildman–Crippen LogP) is 0.821. The Morgan fingerprint density at radius 1 is 1.24 bits per heavy atom. The normalized spacial score (nSPS) is 21.4. The number of thioether (sulfide) groups is 1. The Morgan fingerprint density at radius 2 is 1.91 bits per heavy atom. The van der Waals surface area contributed by atoms with Gasteiger partial charge in [0, 0.05) is 39.4 Å². The second-order valence-electron chi connectivity index (χ2n) is 8.86. The maximum atomic E-state index is 12.9. The first kappa shape index (κ1) is 26.5. The lowest BCUT2D eigenvalue weighted by Crippen LogP contribution is -2.57. The van der Waals surface area contributed by atoms with Gasteiger partial charge >= 0.3 is 0 Å². The lowest BCUT2D eigenvalue weighted by atomic mass is 10.1. The summed E-state index contributed by atoms with van der Waals surface area (Å²) in [4.78, 5) is 31.3. The van der Waals surface area contributed by atoms with Gasteiger partial charge in [0.05, 0.1) is 0 Å². The van der Waals surface area contributed by atoms with Crippen molar-refractivity contribution in [3.63, 3.8) is 0 Å². The van der Waals surface area contributed by atoms with E-state index in [9.17, 15) is 9.59 Å². The van der Waals surface area contributed by atoms with Crippen molar-refractivity contribution < 1.29 is 9.59 Å². The molecule has 0 aromatic heterocycles. The molecule has 2 fully saturated rings. The molecule has 3 rings (SSSR count). The van der Waals surface area contributed by atoms with Crippen LogP contribution < -0.4 is 21.9 Å². The molecule has 3 atom stereocenters. The average Bonchev–Trinajstić information content (AvgIpc) is 3.47.